The molecule has 1 saturated heterocycles. The van der Waals surface area contributed by atoms with Crippen LogP contribution in [0.5, 0.6) is 11.5 Å². The van der Waals surface area contributed by atoms with E-state index in [1.54, 1.807) is 6.07 Å². The lowest BCUT2D eigenvalue weighted by atomic mass is 9.97. The predicted molar refractivity (Wildman–Crippen MR) is 79.3 cm³/mol. The maximum Gasteiger partial charge on any atom is 0.573 e. The van der Waals surface area contributed by atoms with Crippen molar-refractivity contribution in [3.63, 3.8) is 0 Å². The number of hydrogen-bond acceptors (Lipinski definition) is 4. The van der Waals surface area contributed by atoms with E-state index in [1.807, 2.05) is 0 Å². The van der Waals surface area contributed by atoms with Crippen molar-refractivity contribution in [3.8, 4) is 11.5 Å². The van der Waals surface area contributed by atoms with E-state index in [4.69, 9.17) is 0 Å². The summed E-state index contributed by atoms with van der Waals surface area (Å²) in [6.07, 6.45) is -1.63. The monoisotopic (exact) mass is 330 g/mol. The van der Waals surface area contributed by atoms with Crippen molar-refractivity contribution in [2.45, 2.75) is 31.7 Å². The van der Waals surface area contributed by atoms with Gasteiger partial charge in [0.05, 0.1) is 0 Å². The van der Waals surface area contributed by atoms with Crippen molar-refractivity contribution in [3.05, 3.63) is 23.8 Å². The summed E-state index contributed by atoms with van der Waals surface area (Å²) in [6.45, 7) is 3.34. The number of rotatable bonds is 5. The number of para-hydroxylation sites is 1. The zero-order valence-electron chi connectivity index (χ0n) is 12.8. The summed E-state index contributed by atoms with van der Waals surface area (Å²) in [6, 6.07) is 4.30. The molecule has 1 heterocycles. The molecule has 23 heavy (non-hydrogen) atoms. The maximum absolute atomic E-state index is 12.5. The second-order valence-corrected chi connectivity index (χ2v) is 6.22. The van der Waals surface area contributed by atoms with Crippen molar-refractivity contribution < 1.29 is 23.0 Å². The van der Waals surface area contributed by atoms with Crippen LogP contribution in [-0.4, -0.2) is 42.5 Å². The van der Waals surface area contributed by atoms with E-state index in [0.29, 0.717) is 11.5 Å². The standard InChI is InChI=1S/C16H21F3N2O2/c17-16(18,19)23-14-3-1-2-12(15(14)22)13(10-11-4-5-11)21-8-6-20-7-9-21/h1-3,11,13,20,22H,4-10H2/t13-/m1/s1. The second kappa shape index (κ2) is 6.57. The Balaban J connectivity index is 1.86. The summed E-state index contributed by atoms with van der Waals surface area (Å²) in [5.74, 6) is -0.318. The molecule has 4 nitrogen and oxygen atoms in total. The van der Waals surface area contributed by atoms with Gasteiger partial charge in [-0.15, -0.1) is 13.2 Å². The first kappa shape index (κ1) is 16.4. The van der Waals surface area contributed by atoms with Crippen LogP contribution in [0, 0.1) is 5.92 Å². The number of nitrogens with zero attached hydrogens (tertiary/aromatic N) is 1. The number of halogens is 3. The van der Waals surface area contributed by atoms with E-state index in [-0.39, 0.29) is 6.04 Å². The minimum atomic E-state index is -4.81. The van der Waals surface area contributed by atoms with Crippen molar-refractivity contribution in [1.82, 2.24) is 10.2 Å². The third kappa shape index (κ3) is 4.29. The molecular formula is C16H21F3N2O2. The molecule has 2 aliphatic rings. The van der Waals surface area contributed by atoms with Crippen LogP contribution in [0.25, 0.3) is 0 Å². The third-order valence-corrected chi connectivity index (χ3v) is 4.46. The number of aromatic hydroxyl groups is 1. The molecule has 1 aliphatic carbocycles. The molecule has 0 unspecified atom stereocenters. The van der Waals surface area contributed by atoms with Gasteiger partial charge in [-0.1, -0.05) is 25.0 Å². The quantitative estimate of drug-likeness (QED) is 0.871. The lowest BCUT2D eigenvalue weighted by Gasteiger charge is -2.35. The van der Waals surface area contributed by atoms with Gasteiger partial charge in [-0.3, -0.25) is 4.90 Å². The molecule has 1 aliphatic heterocycles. The molecule has 1 atom stereocenters. The zero-order valence-corrected chi connectivity index (χ0v) is 12.8. The molecule has 1 saturated carbocycles. The van der Waals surface area contributed by atoms with Crippen LogP contribution in [0.2, 0.25) is 0 Å². The first-order valence-corrected chi connectivity index (χ1v) is 7.96. The van der Waals surface area contributed by atoms with Crippen molar-refractivity contribution >= 4 is 0 Å². The highest BCUT2D eigenvalue weighted by molar-refractivity contribution is 5.47. The van der Waals surface area contributed by atoms with Gasteiger partial charge < -0.3 is 15.2 Å². The molecule has 0 bridgehead atoms. The van der Waals surface area contributed by atoms with Crippen LogP contribution in [-0.2, 0) is 0 Å². The first-order chi connectivity index (χ1) is 10.9. The molecule has 2 N–H and O–H groups in total. The summed E-state index contributed by atoms with van der Waals surface area (Å²) in [4.78, 5) is 2.24. The van der Waals surface area contributed by atoms with Crippen LogP contribution >= 0.6 is 0 Å². The third-order valence-electron chi connectivity index (χ3n) is 4.46. The van der Waals surface area contributed by atoms with Crippen molar-refractivity contribution in [2.75, 3.05) is 26.2 Å². The summed E-state index contributed by atoms with van der Waals surface area (Å²) in [7, 11) is 0. The van der Waals surface area contributed by atoms with Gasteiger partial charge in [0.25, 0.3) is 0 Å². The molecule has 1 aromatic carbocycles. The van der Waals surface area contributed by atoms with Crippen LogP contribution < -0.4 is 10.1 Å². The molecule has 0 spiro atoms. The largest absolute Gasteiger partial charge is 0.573 e. The van der Waals surface area contributed by atoms with Crippen molar-refractivity contribution in [1.29, 1.82) is 0 Å². The van der Waals surface area contributed by atoms with Gasteiger partial charge in [-0.05, 0) is 18.4 Å². The molecule has 1 aromatic rings. The Bertz CT molecular complexity index is 541. The second-order valence-electron chi connectivity index (χ2n) is 6.22. The molecular weight excluding hydrogens is 309 g/mol. The van der Waals surface area contributed by atoms with Gasteiger partial charge in [0, 0.05) is 37.8 Å². The molecule has 3 rings (SSSR count). The maximum atomic E-state index is 12.5. The number of alkyl halides is 3. The average molecular weight is 330 g/mol. The van der Waals surface area contributed by atoms with Crippen LogP contribution in [0.1, 0.15) is 30.9 Å². The highest BCUT2D eigenvalue weighted by Crippen LogP contribution is 2.45. The van der Waals surface area contributed by atoms with Crippen molar-refractivity contribution in [2.24, 2.45) is 5.92 Å². The number of phenols is 1. The van der Waals surface area contributed by atoms with Gasteiger partial charge in [0.1, 0.15) is 0 Å². The molecule has 7 heteroatoms. The first-order valence-electron chi connectivity index (χ1n) is 7.96. The molecule has 2 fully saturated rings. The fourth-order valence-electron chi connectivity index (χ4n) is 3.15. The zero-order chi connectivity index (χ0) is 16.4. The topological polar surface area (TPSA) is 44.7 Å². The fourth-order valence-corrected chi connectivity index (χ4v) is 3.15. The van der Waals surface area contributed by atoms with E-state index >= 15 is 0 Å². The van der Waals surface area contributed by atoms with Gasteiger partial charge in [-0.25, -0.2) is 0 Å². The van der Waals surface area contributed by atoms with E-state index < -0.39 is 17.9 Å². The van der Waals surface area contributed by atoms with E-state index in [9.17, 15) is 18.3 Å². The molecule has 0 aromatic heterocycles. The number of ether oxygens (including phenoxy) is 1. The number of hydrogen-bond donors (Lipinski definition) is 2. The molecule has 0 amide bonds. The average Bonchev–Trinajstić information content (AvgIpc) is 3.31. The Hall–Kier alpha value is -1.47. The highest BCUT2D eigenvalue weighted by Gasteiger charge is 2.35. The Morgan fingerprint density at radius 1 is 1.26 bits per heavy atom. The summed E-state index contributed by atoms with van der Waals surface area (Å²) in [5.41, 5.74) is 0.528. The van der Waals surface area contributed by atoms with Gasteiger partial charge >= 0.3 is 6.36 Å². The summed E-state index contributed by atoms with van der Waals surface area (Å²) >= 11 is 0. The van der Waals surface area contributed by atoms with E-state index in [0.717, 1.165) is 51.5 Å². The SMILES string of the molecule is Oc1c(OC(F)(F)F)cccc1[C@@H](CC1CC1)N1CCNCC1. The molecule has 128 valence electrons. The lowest BCUT2D eigenvalue weighted by Crippen LogP contribution is -2.45. The number of nitrogens with one attached hydrogen (secondary N) is 1. The smallest absolute Gasteiger partial charge is 0.504 e. The lowest BCUT2D eigenvalue weighted by molar-refractivity contribution is -0.275. The number of benzene rings is 1. The van der Waals surface area contributed by atoms with E-state index in [1.165, 1.54) is 6.07 Å². The van der Waals surface area contributed by atoms with Crippen LogP contribution in [0.15, 0.2) is 18.2 Å². The van der Waals surface area contributed by atoms with Gasteiger partial charge in [0.2, 0.25) is 0 Å². The van der Waals surface area contributed by atoms with Gasteiger partial charge in [0.15, 0.2) is 11.5 Å². The Morgan fingerprint density at radius 2 is 1.96 bits per heavy atom. The fraction of sp³-hybridized carbons (Fsp3) is 0.625. The summed E-state index contributed by atoms with van der Waals surface area (Å²) < 4.78 is 41.4. The predicted octanol–water partition coefficient (Wildman–Crippen LogP) is 3.04. The summed E-state index contributed by atoms with van der Waals surface area (Å²) in [5, 5.41) is 13.6. The number of piperazine rings is 1. The molecule has 0 radical (unpaired) electrons. The highest BCUT2D eigenvalue weighted by atomic mass is 19.4. The Kier molecular flexibility index (Phi) is 4.68. The number of phenolic OH excluding ortho intramolecular Hbond substituents is 1. The minimum Gasteiger partial charge on any atom is -0.504 e. The van der Waals surface area contributed by atoms with Gasteiger partial charge in [-0.2, -0.15) is 0 Å². The minimum absolute atomic E-state index is 0.0682. The Labute approximate surface area is 133 Å². The normalized spacial score (nSPS) is 21.2. The van der Waals surface area contributed by atoms with E-state index in [2.05, 4.69) is 15.0 Å². The Morgan fingerprint density at radius 3 is 2.57 bits per heavy atom. The van der Waals surface area contributed by atoms with Crippen LogP contribution in [0.3, 0.4) is 0 Å². The van der Waals surface area contributed by atoms with Crippen LogP contribution in [0.4, 0.5) is 13.2 Å².